The maximum absolute atomic E-state index is 12.9. The molecule has 1 saturated carbocycles. The molecule has 2 heterocycles. The standard InChI is InChI=1S/C17H19N3O2/c1-11-6-9-14(16(21)19-11)17(22)20(13-7-8-13)12(2)15-5-3-4-10-18-15/h3-6,9-10,12-13H,7-8H2,1-2H3,(H,19,21)/t12-/m0/s1. The average Bonchev–Trinajstić information content (AvgIpc) is 3.33. The number of H-pyrrole nitrogens is 1. The van der Waals surface area contributed by atoms with Crippen LogP contribution in [-0.2, 0) is 0 Å². The number of carbonyl (C=O) groups excluding carboxylic acids is 1. The summed E-state index contributed by atoms with van der Waals surface area (Å²) in [7, 11) is 0. The molecule has 1 fully saturated rings. The van der Waals surface area contributed by atoms with E-state index in [2.05, 4.69) is 9.97 Å². The van der Waals surface area contributed by atoms with E-state index in [0.717, 1.165) is 24.2 Å². The minimum Gasteiger partial charge on any atom is -0.327 e. The fourth-order valence-corrected chi connectivity index (χ4v) is 2.66. The van der Waals surface area contributed by atoms with E-state index >= 15 is 0 Å². The number of aryl methyl sites for hydroxylation is 1. The fourth-order valence-electron chi connectivity index (χ4n) is 2.66. The molecule has 1 amide bonds. The Bertz CT molecular complexity index is 735. The van der Waals surface area contributed by atoms with Crippen LogP contribution in [0.15, 0.2) is 41.3 Å². The highest BCUT2D eigenvalue weighted by Crippen LogP contribution is 2.34. The molecule has 0 saturated heterocycles. The Balaban J connectivity index is 1.94. The number of hydrogen-bond acceptors (Lipinski definition) is 3. The van der Waals surface area contributed by atoms with E-state index in [9.17, 15) is 9.59 Å². The van der Waals surface area contributed by atoms with Gasteiger partial charge < -0.3 is 9.88 Å². The molecule has 0 unspecified atom stereocenters. The number of aromatic amines is 1. The molecule has 0 radical (unpaired) electrons. The first kappa shape index (κ1) is 14.5. The van der Waals surface area contributed by atoms with Crippen LogP contribution in [-0.4, -0.2) is 26.8 Å². The second-order valence-corrected chi connectivity index (χ2v) is 5.76. The molecule has 114 valence electrons. The van der Waals surface area contributed by atoms with Gasteiger partial charge in [0.1, 0.15) is 5.56 Å². The van der Waals surface area contributed by atoms with Crippen molar-refractivity contribution in [3.8, 4) is 0 Å². The monoisotopic (exact) mass is 297 g/mol. The molecule has 2 aromatic heterocycles. The quantitative estimate of drug-likeness (QED) is 0.942. The van der Waals surface area contributed by atoms with Crippen molar-refractivity contribution in [1.29, 1.82) is 0 Å². The third-order valence-electron chi connectivity index (χ3n) is 3.99. The van der Waals surface area contributed by atoms with E-state index in [0.29, 0.717) is 0 Å². The third-order valence-corrected chi connectivity index (χ3v) is 3.99. The van der Waals surface area contributed by atoms with Crippen molar-refractivity contribution >= 4 is 5.91 Å². The lowest BCUT2D eigenvalue weighted by molar-refractivity contribution is 0.0668. The van der Waals surface area contributed by atoms with Gasteiger partial charge in [0.2, 0.25) is 0 Å². The number of nitrogens with one attached hydrogen (secondary N) is 1. The molecule has 3 rings (SSSR count). The smallest absolute Gasteiger partial charge is 0.260 e. The van der Waals surface area contributed by atoms with Crippen LogP contribution in [0.2, 0.25) is 0 Å². The maximum Gasteiger partial charge on any atom is 0.260 e. The van der Waals surface area contributed by atoms with Gasteiger partial charge >= 0.3 is 0 Å². The zero-order chi connectivity index (χ0) is 15.7. The predicted octanol–water partition coefficient (Wildman–Crippen LogP) is 2.44. The first-order valence-corrected chi connectivity index (χ1v) is 7.51. The van der Waals surface area contributed by atoms with Crippen molar-refractivity contribution in [3.05, 3.63) is 63.8 Å². The Labute approximate surface area is 129 Å². The first-order chi connectivity index (χ1) is 10.6. The number of hydrogen-bond donors (Lipinski definition) is 1. The van der Waals surface area contributed by atoms with Gasteiger partial charge in [-0.1, -0.05) is 6.07 Å². The van der Waals surface area contributed by atoms with Crippen molar-refractivity contribution in [2.45, 2.75) is 38.8 Å². The summed E-state index contributed by atoms with van der Waals surface area (Å²) in [6.45, 7) is 3.76. The van der Waals surface area contributed by atoms with E-state index in [-0.39, 0.29) is 29.1 Å². The first-order valence-electron chi connectivity index (χ1n) is 7.51. The number of pyridine rings is 2. The Hall–Kier alpha value is -2.43. The molecule has 1 atom stereocenters. The van der Waals surface area contributed by atoms with Gasteiger partial charge in [0.25, 0.3) is 11.5 Å². The summed E-state index contributed by atoms with van der Waals surface area (Å²) in [5.41, 5.74) is 1.45. The van der Waals surface area contributed by atoms with Crippen molar-refractivity contribution in [1.82, 2.24) is 14.9 Å². The zero-order valence-electron chi connectivity index (χ0n) is 12.7. The van der Waals surface area contributed by atoms with E-state index in [4.69, 9.17) is 0 Å². The maximum atomic E-state index is 12.9. The van der Waals surface area contributed by atoms with E-state index < -0.39 is 0 Å². The number of rotatable bonds is 4. The van der Waals surface area contributed by atoms with Gasteiger partial charge in [-0.15, -0.1) is 0 Å². The Morgan fingerprint density at radius 3 is 2.68 bits per heavy atom. The van der Waals surface area contributed by atoms with Crippen LogP contribution < -0.4 is 5.56 Å². The van der Waals surface area contributed by atoms with Crippen LogP contribution in [0.1, 0.15) is 47.6 Å². The summed E-state index contributed by atoms with van der Waals surface area (Å²) in [5.74, 6) is -0.220. The van der Waals surface area contributed by atoms with Crippen LogP contribution in [0.25, 0.3) is 0 Å². The van der Waals surface area contributed by atoms with Crippen LogP contribution >= 0.6 is 0 Å². The minimum atomic E-state index is -0.330. The van der Waals surface area contributed by atoms with Crippen LogP contribution in [0.5, 0.6) is 0 Å². The molecule has 0 aliphatic heterocycles. The highest BCUT2D eigenvalue weighted by atomic mass is 16.2. The highest BCUT2D eigenvalue weighted by molar-refractivity contribution is 5.94. The molecule has 0 aromatic carbocycles. The minimum absolute atomic E-state index is 0.151. The molecule has 5 heteroatoms. The molecule has 5 nitrogen and oxygen atoms in total. The highest BCUT2D eigenvalue weighted by Gasteiger charge is 2.37. The summed E-state index contributed by atoms with van der Waals surface area (Å²) in [5, 5.41) is 0. The Kier molecular flexibility index (Phi) is 3.79. The van der Waals surface area contributed by atoms with E-state index in [1.807, 2.05) is 25.1 Å². The van der Waals surface area contributed by atoms with Crippen LogP contribution in [0.3, 0.4) is 0 Å². The second-order valence-electron chi connectivity index (χ2n) is 5.76. The Morgan fingerprint density at radius 2 is 2.09 bits per heavy atom. The van der Waals surface area contributed by atoms with Crippen molar-refractivity contribution in [3.63, 3.8) is 0 Å². The molecule has 0 bridgehead atoms. The fraction of sp³-hybridized carbons (Fsp3) is 0.353. The van der Waals surface area contributed by atoms with Gasteiger partial charge in [0.15, 0.2) is 0 Å². The van der Waals surface area contributed by atoms with Gasteiger partial charge in [0.05, 0.1) is 11.7 Å². The number of amides is 1. The van der Waals surface area contributed by atoms with Crippen molar-refractivity contribution < 1.29 is 4.79 Å². The summed E-state index contributed by atoms with van der Waals surface area (Å²) >= 11 is 0. The lowest BCUT2D eigenvalue weighted by Gasteiger charge is -2.28. The van der Waals surface area contributed by atoms with Gasteiger partial charge in [-0.3, -0.25) is 14.6 Å². The van der Waals surface area contributed by atoms with Gasteiger partial charge in [0, 0.05) is 17.9 Å². The largest absolute Gasteiger partial charge is 0.327 e. The molecule has 1 N–H and O–H groups in total. The summed E-state index contributed by atoms with van der Waals surface area (Å²) in [4.78, 5) is 33.8. The second kappa shape index (κ2) is 5.75. The van der Waals surface area contributed by atoms with E-state index in [1.165, 1.54) is 0 Å². The normalized spacial score (nSPS) is 15.4. The van der Waals surface area contributed by atoms with Gasteiger partial charge in [-0.05, 0) is 51.0 Å². The van der Waals surface area contributed by atoms with Crippen LogP contribution in [0.4, 0.5) is 0 Å². The SMILES string of the molecule is Cc1ccc(C(=O)N(C2CC2)[C@@H](C)c2ccccn2)c(=O)[nH]1. The number of nitrogens with zero attached hydrogens (tertiary/aromatic N) is 2. The molecular formula is C17H19N3O2. The molecule has 2 aromatic rings. The molecule has 0 spiro atoms. The Morgan fingerprint density at radius 1 is 1.32 bits per heavy atom. The number of carbonyl (C=O) groups is 1. The molecule has 22 heavy (non-hydrogen) atoms. The lowest BCUT2D eigenvalue weighted by atomic mass is 10.1. The third kappa shape index (κ3) is 2.79. The summed E-state index contributed by atoms with van der Waals surface area (Å²) in [6.07, 6.45) is 3.68. The molecular weight excluding hydrogens is 278 g/mol. The number of aromatic nitrogens is 2. The topological polar surface area (TPSA) is 66.1 Å². The summed E-state index contributed by atoms with van der Waals surface area (Å²) in [6, 6.07) is 9.08. The van der Waals surface area contributed by atoms with E-state index in [1.54, 1.807) is 30.2 Å². The van der Waals surface area contributed by atoms with Crippen molar-refractivity contribution in [2.24, 2.45) is 0 Å². The van der Waals surface area contributed by atoms with Crippen molar-refractivity contribution in [2.75, 3.05) is 0 Å². The van der Waals surface area contributed by atoms with Crippen LogP contribution in [0, 0.1) is 6.92 Å². The zero-order valence-corrected chi connectivity index (χ0v) is 12.7. The summed E-state index contributed by atoms with van der Waals surface area (Å²) < 4.78 is 0. The van der Waals surface area contributed by atoms with Gasteiger partial charge in [-0.25, -0.2) is 0 Å². The molecule has 1 aliphatic rings. The molecule has 1 aliphatic carbocycles. The lowest BCUT2D eigenvalue weighted by Crippen LogP contribution is -2.38. The average molecular weight is 297 g/mol. The predicted molar refractivity (Wildman–Crippen MR) is 83.6 cm³/mol. The van der Waals surface area contributed by atoms with Gasteiger partial charge in [-0.2, -0.15) is 0 Å².